The molecule has 1 heterocycles. The van der Waals surface area contributed by atoms with Crippen molar-refractivity contribution in [2.24, 2.45) is 0 Å². The maximum absolute atomic E-state index is 12.4. The van der Waals surface area contributed by atoms with Crippen LogP contribution in [0.15, 0.2) is 12.7 Å². The van der Waals surface area contributed by atoms with Gasteiger partial charge in [-0.2, -0.15) is 0 Å². The lowest BCUT2D eigenvalue weighted by molar-refractivity contribution is -0.143. The summed E-state index contributed by atoms with van der Waals surface area (Å²) >= 11 is 0. The molecule has 1 atom stereocenters. The third-order valence-corrected chi connectivity index (χ3v) is 3.70. The molecule has 0 aromatic rings. The average molecular weight is 282 g/mol. The molecular weight excluding hydrogens is 256 g/mol. The molecule has 2 amide bonds. The smallest absolute Gasteiger partial charge is 0.246 e. The molecule has 0 aliphatic carbocycles. The van der Waals surface area contributed by atoms with E-state index in [1.54, 1.807) is 7.05 Å². The number of likely N-dealkylation sites (N-methyl/N-ethyl adjacent to an activating group) is 2. The first-order chi connectivity index (χ1) is 9.30. The Hall–Kier alpha value is -1.36. The van der Waals surface area contributed by atoms with Gasteiger partial charge in [-0.15, -0.1) is 0 Å². The number of amides is 2. The summed E-state index contributed by atoms with van der Waals surface area (Å²) in [4.78, 5) is 27.1. The third-order valence-electron chi connectivity index (χ3n) is 3.70. The van der Waals surface area contributed by atoms with Gasteiger partial charge in [-0.1, -0.05) is 6.58 Å². The predicted octanol–water partition coefficient (Wildman–Crippen LogP) is 1.44. The molecule has 0 N–H and O–H groups in total. The fourth-order valence-corrected chi connectivity index (χ4v) is 2.63. The lowest BCUT2D eigenvalue weighted by atomic mass is 9.92. The molecule has 0 spiro atoms. The van der Waals surface area contributed by atoms with E-state index in [2.05, 4.69) is 6.58 Å². The Morgan fingerprint density at radius 2 is 2.10 bits per heavy atom. The summed E-state index contributed by atoms with van der Waals surface area (Å²) in [5.74, 6) is -0.255. The zero-order chi connectivity index (χ0) is 15.3. The largest absolute Gasteiger partial charge is 0.375 e. The van der Waals surface area contributed by atoms with Gasteiger partial charge in [-0.05, 0) is 39.7 Å². The van der Waals surface area contributed by atoms with Crippen LogP contribution in [0.5, 0.6) is 0 Å². The van der Waals surface area contributed by atoms with Crippen LogP contribution in [0, 0.1) is 0 Å². The molecule has 114 valence electrons. The number of hydrogen-bond acceptors (Lipinski definition) is 3. The van der Waals surface area contributed by atoms with E-state index in [9.17, 15) is 9.59 Å². The second kappa shape index (κ2) is 6.88. The topological polar surface area (TPSA) is 49.9 Å². The van der Waals surface area contributed by atoms with Crippen LogP contribution >= 0.6 is 0 Å². The highest BCUT2D eigenvalue weighted by molar-refractivity contribution is 5.90. The number of carbonyl (C=O) groups excluding carboxylic acids is 2. The lowest BCUT2D eigenvalue weighted by Gasteiger charge is -2.41. The highest BCUT2D eigenvalue weighted by Gasteiger charge is 2.33. The number of hydrogen-bond donors (Lipinski definition) is 0. The van der Waals surface area contributed by atoms with E-state index in [4.69, 9.17) is 4.74 Å². The molecular formula is C15H26N2O3. The Morgan fingerprint density at radius 3 is 2.60 bits per heavy atom. The van der Waals surface area contributed by atoms with Crippen molar-refractivity contribution in [3.05, 3.63) is 12.7 Å². The monoisotopic (exact) mass is 282 g/mol. The number of ether oxygens (including phenoxy) is 1. The molecule has 1 fully saturated rings. The molecule has 0 bridgehead atoms. The number of nitrogens with zero attached hydrogens (tertiary/aromatic N) is 2. The van der Waals surface area contributed by atoms with Crippen LogP contribution in [0.2, 0.25) is 0 Å². The summed E-state index contributed by atoms with van der Waals surface area (Å²) in [6, 6.07) is 0.184. The fourth-order valence-electron chi connectivity index (χ4n) is 2.63. The van der Waals surface area contributed by atoms with Gasteiger partial charge >= 0.3 is 0 Å². The Labute approximate surface area is 121 Å². The van der Waals surface area contributed by atoms with Gasteiger partial charge in [0.25, 0.3) is 0 Å². The minimum Gasteiger partial charge on any atom is -0.375 e. The summed E-state index contributed by atoms with van der Waals surface area (Å²) in [5.41, 5.74) is -0.195. The average Bonchev–Trinajstić information content (AvgIpc) is 2.37. The van der Waals surface area contributed by atoms with Crippen LogP contribution in [0.3, 0.4) is 0 Å². The van der Waals surface area contributed by atoms with Crippen molar-refractivity contribution in [2.75, 3.05) is 26.7 Å². The van der Waals surface area contributed by atoms with Gasteiger partial charge in [0.15, 0.2) is 0 Å². The molecule has 5 nitrogen and oxygen atoms in total. The second-order valence-corrected chi connectivity index (χ2v) is 5.83. The standard InChI is InChI=1S/C15H26N2O3/c1-6-13(18)16(5)11-14(19)17(7-2)12-8-9-20-15(3,4)10-12/h6,12H,1,7-11H2,2-5H3. The van der Waals surface area contributed by atoms with Crippen molar-refractivity contribution in [1.29, 1.82) is 0 Å². The van der Waals surface area contributed by atoms with Crippen LogP contribution in [0.4, 0.5) is 0 Å². The van der Waals surface area contributed by atoms with Gasteiger partial charge in [0.05, 0.1) is 12.1 Å². The number of rotatable bonds is 5. The Balaban J connectivity index is 2.67. The predicted molar refractivity (Wildman–Crippen MR) is 78.3 cm³/mol. The zero-order valence-electron chi connectivity index (χ0n) is 13.0. The van der Waals surface area contributed by atoms with Crippen LogP contribution in [-0.2, 0) is 14.3 Å². The van der Waals surface area contributed by atoms with Gasteiger partial charge in [0.2, 0.25) is 11.8 Å². The molecule has 0 saturated carbocycles. The van der Waals surface area contributed by atoms with Gasteiger partial charge in [0, 0.05) is 26.2 Å². The van der Waals surface area contributed by atoms with Crippen LogP contribution in [0.1, 0.15) is 33.6 Å². The molecule has 1 unspecified atom stereocenters. The van der Waals surface area contributed by atoms with Crippen LogP contribution in [-0.4, -0.2) is 60.0 Å². The second-order valence-electron chi connectivity index (χ2n) is 5.83. The Kier molecular flexibility index (Phi) is 5.74. The van der Waals surface area contributed by atoms with Crippen LogP contribution < -0.4 is 0 Å². The van der Waals surface area contributed by atoms with E-state index in [1.165, 1.54) is 11.0 Å². The fraction of sp³-hybridized carbons (Fsp3) is 0.733. The molecule has 5 heteroatoms. The van der Waals surface area contributed by atoms with E-state index in [1.807, 2.05) is 25.7 Å². The lowest BCUT2D eigenvalue weighted by Crippen LogP contribution is -2.51. The van der Waals surface area contributed by atoms with Crippen molar-refractivity contribution < 1.29 is 14.3 Å². The summed E-state index contributed by atoms with van der Waals surface area (Å²) in [6.45, 7) is 10.9. The van der Waals surface area contributed by atoms with Crippen molar-refractivity contribution >= 4 is 11.8 Å². The SMILES string of the molecule is C=CC(=O)N(C)CC(=O)N(CC)C1CCOC(C)(C)C1. The van der Waals surface area contributed by atoms with Crippen molar-refractivity contribution in [2.45, 2.75) is 45.3 Å². The summed E-state index contributed by atoms with van der Waals surface area (Å²) in [7, 11) is 1.61. The van der Waals surface area contributed by atoms with E-state index >= 15 is 0 Å². The maximum atomic E-state index is 12.4. The van der Waals surface area contributed by atoms with Gasteiger partial charge in [0.1, 0.15) is 0 Å². The van der Waals surface area contributed by atoms with Gasteiger partial charge in [-0.3, -0.25) is 9.59 Å². The summed E-state index contributed by atoms with van der Waals surface area (Å²) in [5, 5.41) is 0. The van der Waals surface area contributed by atoms with Gasteiger partial charge < -0.3 is 14.5 Å². The first-order valence-corrected chi connectivity index (χ1v) is 7.11. The molecule has 1 aliphatic rings. The third kappa shape index (κ3) is 4.34. The Bertz CT molecular complexity index is 379. The molecule has 1 aliphatic heterocycles. The van der Waals surface area contributed by atoms with E-state index < -0.39 is 0 Å². The van der Waals surface area contributed by atoms with E-state index in [0.29, 0.717) is 13.2 Å². The highest BCUT2D eigenvalue weighted by Crippen LogP contribution is 2.27. The van der Waals surface area contributed by atoms with E-state index in [-0.39, 0.29) is 30.0 Å². The minimum absolute atomic E-state index is 0.0205. The van der Waals surface area contributed by atoms with Gasteiger partial charge in [-0.25, -0.2) is 0 Å². The molecule has 20 heavy (non-hydrogen) atoms. The van der Waals surface area contributed by atoms with Crippen molar-refractivity contribution in [1.82, 2.24) is 9.80 Å². The highest BCUT2D eigenvalue weighted by atomic mass is 16.5. The zero-order valence-corrected chi connectivity index (χ0v) is 13.0. The van der Waals surface area contributed by atoms with Crippen molar-refractivity contribution in [3.63, 3.8) is 0 Å². The molecule has 1 saturated heterocycles. The normalized spacial score (nSPS) is 21.1. The molecule has 0 radical (unpaired) electrons. The van der Waals surface area contributed by atoms with Crippen LogP contribution in [0.25, 0.3) is 0 Å². The maximum Gasteiger partial charge on any atom is 0.246 e. The summed E-state index contributed by atoms with van der Waals surface area (Å²) < 4.78 is 5.69. The Morgan fingerprint density at radius 1 is 1.45 bits per heavy atom. The molecule has 0 aromatic carbocycles. The molecule has 0 aromatic heterocycles. The van der Waals surface area contributed by atoms with E-state index in [0.717, 1.165) is 12.8 Å². The number of carbonyl (C=O) groups is 2. The first kappa shape index (κ1) is 16.7. The summed E-state index contributed by atoms with van der Waals surface area (Å²) in [6.07, 6.45) is 2.90. The van der Waals surface area contributed by atoms with Crippen molar-refractivity contribution in [3.8, 4) is 0 Å². The minimum atomic E-state index is -0.235. The quantitative estimate of drug-likeness (QED) is 0.717. The molecule has 1 rings (SSSR count). The first-order valence-electron chi connectivity index (χ1n) is 7.11.